The highest BCUT2D eigenvalue weighted by Gasteiger charge is 2.26. The van der Waals surface area contributed by atoms with Crippen molar-refractivity contribution in [3.63, 3.8) is 0 Å². The Morgan fingerprint density at radius 3 is 2.59 bits per heavy atom. The first-order chi connectivity index (χ1) is 13.2. The lowest BCUT2D eigenvalue weighted by molar-refractivity contribution is -0.115. The van der Waals surface area contributed by atoms with E-state index in [9.17, 15) is 9.59 Å². The summed E-state index contributed by atoms with van der Waals surface area (Å²) in [4.78, 5) is 28.7. The zero-order valence-electron chi connectivity index (χ0n) is 14.0. The molecule has 1 aliphatic heterocycles. The minimum absolute atomic E-state index is 0.354. The highest BCUT2D eigenvalue weighted by atomic mass is 32.2. The van der Waals surface area contributed by atoms with Crippen molar-refractivity contribution in [3.8, 4) is 11.3 Å². The molecular formula is C21H13N3O2S. The second-order valence-corrected chi connectivity index (χ2v) is 7.20. The molecule has 0 aliphatic carbocycles. The van der Waals surface area contributed by atoms with E-state index in [-0.39, 0.29) is 11.1 Å². The molecule has 1 N–H and O–H groups in total. The molecule has 0 saturated carbocycles. The normalized spacial score (nSPS) is 15.8. The van der Waals surface area contributed by atoms with E-state index in [0.29, 0.717) is 4.91 Å². The summed E-state index contributed by atoms with van der Waals surface area (Å²) in [6, 6.07) is 20.1. The van der Waals surface area contributed by atoms with E-state index in [1.54, 1.807) is 6.08 Å². The molecule has 2 aromatic carbocycles. The summed E-state index contributed by atoms with van der Waals surface area (Å²) in [6.07, 6.45) is 3.63. The second kappa shape index (κ2) is 6.10. The fourth-order valence-corrected chi connectivity index (χ4v) is 3.90. The van der Waals surface area contributed by atoms with Crippen molar-refractivity contribution in [2.75, 3.05) is 0 Å². The van der Waals surface area contributed by atoms with Crippen molar-refractivity contribution in [2.24, 2.45) is 0 Å². The summed E-state index contributed by atoms with van der Waals surface area (Å²) in [5.74, 6) is -0.375. The van der Waals surface area contributed by atoms with Gasteiger partial charge in [-0.05, 0) is 46.8 Å². The first-order valence-electron chi connectivity index (χ1n) is 8.40. The van der Waals surface area contributed by atoms with Crippen LogP contribution in [0.5, 0.6) is 0 Å². The van der Waals surface area contributed by atoms with E-state index in [1.165, 1.54) is 0 Å². The molecule has 6 heteroatoms. The molecule has 2 aromatic heterocycles. The summed E-state index contributed by atoms with van der Waals surface area (Å²) in [5, 5.41) is 4.22. The number of carbonyl (C=O) groups is 2. The summed E-state index contributed by atoms with van der Waals surface area (Å²) in [7, 11) is 0. The third-order valence-electron chi connectivity index (χ3n) is 4.50. The molecule has 0 spiro atoms. The number of imide groups is 1. The topological polar surface area (TPSA) is 63.5 Å². The Kier molecular flexibility index (Phi) is 3.58. The van der Waals surface area contributed by atoms with Gasteiger partial charge in [0.15, 0.2) is 0 Å². The molecule has 0 atom stereocenters. The highest BCUT2D eigenvalue weighted by molar-refractivity contribution is 8.18. The Bertz CT molecular complexity index is 1270. The Morgan fingerprint density at radius 2 is 1.78 bits per heavy atom. The van der Waals surface area contributed by atoms with Crippen LogP contribution in [0.1, 0.15) is 5.69 Å². The molecule has 4 aromatic rings. The number of pyridine rings is 1. The molecular weight excluding hydrogens is 358 g/mol. The van der Waals surface area contributed by atoms with Gasteiger partial charge < -0.3 is 0 Å². The standard InChI is InChI=1S/C21H13N3O2S/c25-20-17(27-21(26)23-20)12-16-19(22-18-7-3-4-10-24(16)18)15-9-8-13-5-1-2-6-14(13)11-15/h1-12H,(H,23,25,26)/b17-12-. The average molecular weight is 371 g/mol. The van der Waals surface area contributed by atoms with Crippen LogP contribution >= 0.6 is 11.8 Å². The van der Waals surface area contributed by atoms with E-state index < -0.39 is 0 Å². The van der Waals surface area contributed by atoms with Crippen LogP contribution in [0.25, 0.3) is 33.8 Å². The molecule has 5 nitrogen and oxygen atoms in total. The van der Waals surface area contributed by atoms with Gasteiger partial charge in [0.2, 0.25) is 0 Å². The van der Waals surface area contributed by atoms with Gasteiger partial charge in [0.25, 0.3) is 11.1 Å². The van der Waals surface area contributed by atoms with Crippen LogP contribution in [0.15, 0.2) is 71.8 Å². The fraction of sp³-hybridized carbons (Fsp3) is 0. The van der Waals surface area contributed by atoms with Gasteiger partial charge in [-0.15, -0.1) is 0 Å². The predicted octanol–water partition coefficient (Wildman–Crippen LogP) is 4.48. The number of thioether (sulfide) groups is 1. The SMILES string of the molecule is O=C1NC(=O)/C(=C/c2c(-c3ccc4ccccc4c3)nc3ccccn23)S1. The quantitative estimate of drug-likeness (QED) is 0.528. The van der Waals surface area contributed by atoms with Gasteiger partial charge in [0.05, 0.1) is 16.3 Å². The average Bonchev–Trinajstić information content (AvgIpc) is 3.21. The van der Waals surface area contributed by atoms with Gasteiger partial charge in [-0.3, -0.25) is 19.3 Å². The van der Waals surface area contributed by atoms with E-state index >= 15 is 0 Å². The molecule has 0 radical (unpaired) electrons. The number of amides is 2. The maximum atomic E-state index is 12.0. The Labute approximate surface area is 158 Å². The van der Waals surface area contributed by atoms with E-state index in [4.69, 9.17) is 4.98 Å². The number of fused-ring (bicyclic) bond motifs is 2. The van der Waals surface area contributed by atoms with Gasteiger partial charge in [-0.1, -0.05) is 42.5 Å². The van der Waals surface area contributed by atoms with Crippen molar-refractivity contribution >= 4 is 45.4 Å². The van der Waals surface area contributed by atoms with E-state index in [2.05, 4.69) is 29.6 Å². The number of carbonyl (C=O) groups excluding carboxylic acids is 2. The number of nitrogens with zero attached hydrogens (tertiary/aromatic N) is 2. The first-order valence-corrected chi connectivity index (χ1v) is 9.22. The Hall–Kier alpha value is -3.38. The van der Waals surface area contributed by atoms with Crippen LogP contribution in [0, 0.1) is 0 Å². The molecule has 27 heavy (non-hydrogen) atoms. The van der Waals surface area contributed by atoms with Crippen LogP contribution in [0.2, 0.25) is 0 Å². The van der Waals surface area contributed by atoms with Crippen LogP contribution < -0.4 is 5.32 Å². The summed E-state index contributed by atoms with van der Waals surface area (Å²) in [6.45, 7) is 0. The number of imidazole rings is 1. The predicted molar refractivity (Wildman–Crippen MR) is 107 cm³/mol. The van der Waals surface area contributed by atoms with Crippen LogP contribution in [-0.2, 0) is 4.79 Å². The van der Waals surface area contributed by atoms with E-state index in [1.807, 2.05) is 47.0 Å². The van der Waals surface area contributed by atoms with Crippen molar-refractivity contribution < 1.29 is 9.59 Å². The van der Waals surface area contributed by atoms with E-state index in [0.717, 1.165) is 45.1 Å². The van der Waals surface area contributed by atoms with Crippen LogP contribution in [0.3, 0.4) is 0 Å². The molecule has 130 valence electrons. The van der Waals surface area contributed by atoms with Gasteiger partial charge in [-0.25, -0.2) is 4.98 Å². The monoisotopic (exact) mass is 371 g/mol. The summed E-state index contributed by atoms with van der Waals surface area (Å²) >= 11 is 0.907. The smallest absolute Gasteiger partial charge is 0.290 e. The maximum Gasteiger partial charge on any atom is 0.290 e. The van der Waals surface area contributed by atoms with Crippen molar-refractivity contribution in [1.29, 1.82) is 0 Å². The first kappa shape index (κ1) is 15.8. The van der Waals surface area contributed by atoms with Gasteiger partial charge in [-0.2, -0.15) is 0 Å². The number of nitrogens with one attached hydrogen (secondary N) is 1. The highest BCUT2D eigenvalue weighted by Crippen LogP contribution is 2.32. The number of benzene rings is 2. The number of aromatic nitrogens is 2. The fourth-order valence-electron chi connectivity index (χ4n) is 3.25. The van der Waals surface area contributed by atoms with Crippen LogP contribution in [-0.4, -0.2) is 20.5 Å². The number of hydrogen-bond acceptors (Lipinski definition) is 4. The maximum absolute atomic E-state index is 12.0. The third-order valence-corrected chi connectivity index (χ3v) is 5.31. The zero-order chi connectivity index (χ0) is 18.4. The van der Waals surface area contributed by atoms with Gasteiger partial charge in [0.1, 0.15) is 5.65 Å². The Balaban J connectivity index is 1.75. The Morgan fingerprint density at radius 1 is 0.963 bits per heavy atom. The lowest BCUT2D eigenvalue weighted by Gasteiger charge is -2.04. The molecule has 2 amide bonds. The minimum atomic E-state index is -0.375. The molecule has 3 heterocycles. The van der Waals surface area contributed by atoms with Crippen molar-refractivity contribution in [3.05, 3.63) is 77.5 Å². The lowest BCUT2D eigenvalue weighted by Crippen LogP contribution is -2.17. The minimum Gasteiger partial charge on any atom is -0.300 e. The zero-order valence-corrected chi connectivity index (χ0v) is 14.9. The number of hydrogen-bond donors (Lipinski definition) is 1. The molecule has 0 bridgehead atoms. The largest absolute Gasteiger partial charge is 0.300 e. The number of rotatable bonds is 2. The van der Waals surface area contributed by atoms with Gasteiger partial charge >= 0.3 is 0 Å². The second-order valence-electron chi connectivity index (χ2n) is 6.19. The van der Waals surface area contributed by atoms with Crippen molar-refractivity contribution in [2.45, 2.75) is 0 Å². The van der Waals surface area contributed by atoms with Crippen molar-refractivity contribution in [1.82, 2.24) is 14.7 Å². The molecule has 5 rings (SSSR count). The third kappa shape index (κ3) is 2.71. The van der Waals surface area contributed by atoms with Gasteiger partial charge in [0, 0.05) is 11.8 Å². The van der Waals surface area contributed by atoms with Crippen LogP contribution in [0.4, 0.5) is 4.79 Å². The molecule has 0 unspecified atom stereocenters. The molecule has 1 saturated heterocycles. The lowest BCUT2D eigenvalue weighted by atomic mass is 10.0. The summed E-state index contributed by atoms with van der Waals surface area (Å²) < 4.78 is 1.92. The molecule has 1 aliphatic rings. The summed E-state index contributed by atoms with van der Waals surface area (Å²) in [5.41, 5.74) is 3.28. The molecule has 1 fully saturated rings.